The van der Waals surface area contributed by atoms with Crippen molar-refractivity contribution in [3.05, 3.63) is 41.1 Å². The van der Waals surface area contributed by atoms with E-state index in [0.29, 0.717) is 11.4 Å². The summed E-state index contributed by atoms with van der Waals surface area (Å²) in [6.45, 7) is 0. The van der Waals surface area contributed by atoms with Gasteiger partial charge in [0.1, 0.15) is 5.75 Å². The average molecular weight is 311 g/mol. The molecule has 0 saturated carbocycles. The molecule has 0 unspecified atom stereocenters. The first-order chi connectivity index (χ1) is 8.22. The van der Waals surface area contributed by atoms with Gasteiger partial charge in [-0.2, -0.15) is 0 Å². The van der Waals surface area contributed by atoms with Gasteiger partial charge in [0, 0.05) is 11.1 Å². The van der Waals surface area contributed by atoms with E-state index in [0.717, 1.165) is 15.1 Å². The number of thioether (sulfide) groups is 1. The third-order valence-corrected chi connectivity index (χ3v) is 3.50. The van der Waals surface area contributed by atoms with Crippen LogP contribution in [0.3, 0.4) is 0 Å². The molecule has 2 rings (SSSR count). The summed E-state index contributed by atoms with van der Waals surface area (Å²) in [5, 5.41) is 0. The zero-order valence-electron chi connectivity index (χ0n) is 9.18. The fraction of sp³-hybridized carbons (Fsp3) is 0.0833. The number of aromatic nitrogens is 1. The average Bonchev–Trinajstić information content (AvgIpc) is 2.34. The zero-order valence-corrected chi connectivity index (χ0v) is 11.6. The molecule has 0 saturated heterocycles. The number of anilines is 1. The molecule has 3 nitrogen and oxygen atoms in total. The van der Waals surface area contributed by atoms with Crippen molar-refractivity contribution >= 4 is 33.4 Å². The standard InChI is InChI=1S/C12H11BrN2OS/c1-17-11-5-3-2-4-10(11)16-12-8(13)6-15-7-9(12)14/h2-7H,14H2,1H3. The van der Waals surface area contributed by atoms with Gasteiger partial charge in [0.15, 0.2) is 5.75 Å². The van der Waals surface area contributed by atoms with E-state index in [1.165, 1.54) is 0 Å². The van der Waals surface area contributed by atoms with E-state index in [9.17, 15) is 0 Å². The van der Waals surface area contributed by atoms with Crippen molar-refractivity contribution in [1.29, 1.82) is 0 Å². The van der Waals surface area contributed by atoms with Gasteiger partial charge >= 0.3 is 0 Å². The Balaban J connectivity index is 2.38. The number of hydrogen-bond acceptors (Lipinski definition) is 4. The predicted molar refractivity (Wildman–Crippen MR) is 74.6 cm³/mol. The molecule has 5 heteroatoms. The molecule has 88 valence electrons. The van der Waals surface area contributed by atoms with Crippen LogP contribution in [0.25, 0.3) is 0 Å². The molecule has 0 amide bonds. The number of halogens is 1. The van der Waals surface area contributed by atoms with E-state index < -0.39 is 0 Å². The third kappa shape index (κ3) is 2.73. The van der Waals surface area contributed by atoms with Gasteiger partial charge in [0.2, 0.25) is 0 Å². The van der Waals surface area contributed by atoms with Gasteiger partial charge in [-0.05, 0) is 34.3 Å². The van der Waals surface area contributed by atoms with Crippen molar-refractivity contribution in [1.82, 2.24) is 4.98 Å². The molecular formula is C12H11BrN2OS. The normalized spacial score (nSPS) is 10.2. The molecule has 1 heterocycles. The lowest BCUT2D eigenvalue weighted by Gasteiger charge is -2.12. The molecule has 2 aromatic rings. The van der Waals surface area contributed by atoms with E-state index in [2.05, 4.69) is 20.9 Å². The van der Waals surface area contributed by atoms with Crippen LogP contribution in [-0.2, 0) is 0 Å². The second-order valence-electron chi connectivity index (χ2n) is 3.29. The quantitative estimate of drug-likeness (QED) is 0.872. The largest absolute Gasteiger partial charge is 0.453 e. The van der Waals surface area contributed by atoms with E-state index in [-0.39, 0.29) is 0 Å². The Bertz CT molecular complexity index is 513. The molecule has 0 bridgehead atoms. The monoisotopic (exact) mass is 310 g/mol. The van der Waals surface area contributed by atoms with Crippen molar-refractivity contribution in [3.8, 4) is 11.5 Å². The van der Waals surface area contributed by atoms with Gasteiger partial charge in [-0.15, -0.1) is 11.8 Å². The molecular weight excluding hydrogens is 300 g/mol. The lowest BCUT2D eigenvalue weighted by molar-refractivity contribution is 0.470. The molecule has 0 aliphatic carbocycles. The fourth-order valence-electron chi connectivity index (χ4n) is 1.36. The number of nitrogens with two attached hydrogens (primary N) is 1. The first kappa shape index (κ1) is 12.3. The lowest BCUT2D eigenvalue weighted by atomic mass is 10.3. The second kappa shape index (κ2) is 5.42. The van der Waals surface area contributed by atoms with Gasteiger partial charge < -0.3 is 10.5 Å². The minimum atomic E-state index is 0.510. The first-order valence-corrected chi connectivity index (χ1v) is 6.94. The maximum absolute atomic E-state index is 5.84. The summed E-state index contributed by atoms with van der Waals surface area (Å²) in [5.41, 5.74) is 6.35. The number of ether oxygens (including phenoxy) is 1. The Labute approximate surface area is 113 Å². The van der Waals surface area contributed by atoms with E-state index in [1.54, 1.807) is 24.2 Å². The van der Waals surface area contributed by atoms with Crippen molar-refractivity contribution in [2.45, 2.75) is 4.90 Å². The number of benzene rings is 1. The molecule has 0 atom stereocenters. The number of nitrogens with zero attached hydrogens (tertiary/aromatic N) is 1. The molecule has 1 aromatic heterocycles. The number of nitrogen functional groups attached to an aromatic ring is 1. The van der Waals surface area contributed by atoms with Gasteiger partial charge in [-0.3, -0.25) is 4.98 Å². The number of pyridine rings is 1. The summed E-state index contributed by atoms with van der Waals surface area (Å²) in [5.74, 6) is 1.39. The van der Waals surface area contributed by atoms with Crippen LogP contribution < -0.4 is 10.5 Å². The van der Waals surface area contributed by atoms with E-state index in [1.807, 2.05) is 30.5 Å². The molecule has 1 aromatic carbocycles. The van der Waals surface area contributed by atoms with Crippen molar-refractivity contribution < 1.29 is 4.74 Å². The highest BCUT2D eigenvalue weighted by atomic mass is 79.9. The highest BCUT2D eigenvalue weighted by Crippen LogP contribution is 2.37. The Hall–Kier alpha value is -1.20. The Kier molecular flexibility index (Phi) is 3.91. The predicted octanol–water partition coefficient (Wildman–Crippen LogP) is 3.94. The molecule has 0 fully saturated rings. The van der Waals surface area contributed by atoms with Crippen LogP contribution in [-0.4, -0.2) is 11.2 Å². The van der Waals surface area contributed by atoms with Crippen molar-refractivity contribution in [2.75, 3.05) is 12.0 Å². The van der Waals surface area contributed by atoms with Crippen molar-refractivity contribution in [2.24, 2.45) is 0 Å². The zero-order chi connectivity index (χ0) is 12.3. The summed E-state index contributed by atoms with van der Waals surface area (Å²) < 4.78 is 6.57. The Morgan fingerprint density at radius 1 is 1.29 bits per heavy atom. The molecule has 2 N–H and O–H groups in total. The lowest BCUT2D eigenvalue weighted by Crippen LogP contribution is -1.95. The highest BCUT2D eigenvalue weighted by Gasteiger charge is 2.09. The van der Waals surface area contributed by atoms with Crippen LogP contribution in [0.5, 0.6) is 11.5 Å². The highest BCUT2D eigenvalue weighted by molar-refractivity contribution is 9.10. The van der Waals surface area contributed by atoms with Crippen LogP contribution in [0, 0.1) is 0 Å². The van der Waals surface area contributed by atoms with Crippen LogP contribution in [0.1, 0.15) is 0 Å². The third-order valence-electron chi connectivity index (χ3n) is 2.16. The minimum Gasteiger partial charge on any atom is -0.453 e. The first-order valence-electron chi connectivity index (χ1n) is 4.92. The number of para-hydroxylation sites is 1. The molecule has 0 aliphatic heterocycles. The summed E-state index contributed by atoms with van der Waals surface area (Å²) in [4.78, 5) is 5.04. The summed E-state index contributed by atoms with van der Waals surface area (Å²) in [6.07, 6.45) is 5.24. The molecule has 0 spiro atoms. The second-order valence-corrected chi connectivity index (χ2v) is 5.00. The van der Waals surface area contributed by atoms with Crippen LogP contribution in [0.4, 0.5) is 5.69 Å². The molecule has 0 aliphatic rings. The summed E-state index contributed by atoms with van der Waals surface area (Å²) in [7, 11) is 0. The molecule has 0 radical (unpaired) electrons. The maximum Gasteiger partial charge on any atom is 0.167 e. The van der Waals surface area contributed by atoms with Gasteiger partial charge in [0.25, 0.3) is 0 Å². The fourth-order valence-corrected chi connectivity index (χ4v) is 2.31. The Morgan fingerprint density at radius 3 is 2.76 bits per heavy atom. The van der Waals surface area contributed by atoms with Crippen LogP contribution in [0.2, 0.25) is 0 Å². The van der Waals surface area contributed by atoms with Gasteiger partial charge in [0.05, 0.1) is 16.4 Å². The maximum atomic E-state index is 5.84. The van der Waals surface area contributed by atoms with Crippen LogP contribution in [0.15, 0.2) is 46.0 Å². The summed E-state index contributed by atoms with van der Waals surface area (Å²) in [6, 6.07) is 7.83. The van der Waals surface area contributed by atoms with E-state index in [4.69, 9.17) is 10.5 Å². The number of hydrogen-bond donors (Lipinski definition) is 1. The Morgan fingerprint density at radius 2 is 2.06 bits per heavy atom. The summed E-state index contributed by atoms with van der Waals surface area (Å²) >= 11 is 5.01. The topological polar surface area (TPSA) is 48.1 Å². The van der Waals surface area contributed by atoms with Gasteiger partial charge in [-0.25, -0.2) is 0 Å². The molecule has 17 heavy (non-hydrogen) atoms. The van der Waals surface area contributed by atoms with E-state index >= 15 is 0 Å². The van der Waals surface area contributed by atoms with Crippen molar-refractivity contribution in [3.63, 3.8) is 0 Å². The minimum absolute atomic E-state index is 0.510. The number of rotatable bonds is 3. The van der Waals surface area contributed by atoms with Crippen LogP contribution >= 0.6 is 27.7 Å². The smallest absolute Gasteiger partial charge is 0.167 e. The SMILES string of the molecule is CSc1ccccc1Oc1c(N)cncc1Br. The van der Waals surface area contributed by atoms with Gasteiger partial charge in [-0.1, -0.05) is 12.1 Å².